The normalized spacial score (nSPS) is 12.1. The Hall–Kier alpha value is -3.01. The molecule has 29 heavy (non-hydrogen) atoms. The Morgan fingerprint density at radius 2 is 1.72 bits per heavy atom. The molecule has 7 heteroatoms. The number of hydrogen-bond acceptors (Lipinski definition) is 5. The standard InChI is InChI=1S/C22H30N4O3/c1-14(2)11-18(16-9-7-8-10-19(16)29-13-15(3)4)24-20-17(12-23)21(27)26(6)22(28)25(20)5/h7-10,14-15,18,24H,11,13H2,1-6H3/t18-/m1/s1. The van der Waals surface area contributed by atoms with E-state index in [0.717, 1.165) is 22.3 Å². The third kappa shape index (κ3) is 5.08. The highest BCUT2D eigenvalue weighted by Gasteiger charge is 2.23. The molecule has 156 valence electrons. The van der Waals surface area contributed by atoms with Gasteiger partial charge < -0.3 is 10.1 Å². The first-order valence-corrected chi connectivity index (χ1v) is 9.85. The third-order valence-electron chi connectivity index (χ3n) is 4.66. The summed E-state index contributed by atoms with van der Waals surface area (Å²) in [7, 11) is 2.93. The number of hydrogen-bond donors (Lipinski definition) is 1. The van der Waals surface area contributed by atoms with Crippen LogP contribution in [0.15, 0.2) is 33.9 Å². The molecule has 1 aromatic heterocycles. The maximum absolute atomic E-state index is 12.4. The minimum Gasteiger partial charge on any atom is -0.493 e. The molecule has 0 saturated carbocycles. The number of nitriles is 1. The van der Waals surface area contributed by atoms with Gasteiger partial charge in [0.25, 0.3) is 5.56 Å². The van der Waals surface area contributed by atoms with Gasteiger partial charge >= 0.3 is 5.69 Å². The molecule has 1 aromatic carbocycles. The number of nitrogens with zero attached hydrogens (tertiary/aromatic N) is 3. The molecule has 0 radical (unpaired) electrons. The van der Waals surface area contributed by atoms with Crippen LogP contribution in [0.2, 0.25) is 0 Å². The van der Waals surface area contributed by atoms with Gasteiger partial charge in [0, 0.05) is 19.7 Å². The molecule has 2 rings (SSSR count). The Morgan fingerprint density at radius 3 is 2.31 bits per heavy atom. The molecule has 1 heterocycles. The summed E-state index contributed by atoms with van der Waals surface area (Å²) in [6, 6.07) is 9.46. The second kappa shape index (κ2) is 9.46. The van der Waals surface area contributed by atoms with E-state index in [-0.39, 0.29) is 17.4 Å². The Bertz CT molecular complexity index is 1010. The summed E-state index contributed by atoms with van der Waals surface area (Å²) in [4.78, 5) is 24.9. The highest BCUT2D eigenvalue weighted by atomic mass is 16.5. The van der Waals surface area contributed by atoms with Crippen LogP contribution >= 0.6 is 0 Å². The van der Waals surface area contributed by atoms with Crippen LogP contribution in [0.4, 0.5) is 5.82 Å². The van der Waals surface area contributed by atoms with Crippen molar-refractivity contribution < 1.29 is 4.74 Å². The SMILES string of the molecule is CC(C)COc1ccccc1[C@@H](CC(C)C)Nc1c(C#N)c(=O)n(C)c(=O)n1C. The molecule has 0 aliphatic rings. The lowest BCUT2D eigenvalue weighted by Gasteiger charge is -2.26. The zero-order chi connectivity index (χ0) is 21.7. The second-order valence-corrected chi connectivity index (χ2v) is 8.11. The van der Waals surface area contributed by atoms with Crippen molar-refractivity contribution in [3.05, 3.63) is 56.2 Å². The van der Waals surface area contributed by atoms with Crippen molar-refractivity contribution in [2.24, 2.45) is 25.9 Å². The van der Waals surface area contributed by atoms with E-state index in [1.54, 1.807) is 7.05 Å². The van der Waals surface area contributed by atoms with Crippen molar-refractivity contribution in [2.45, 2.75) is 40.2 Å². The predicted octanol–water partition coefficient (Wildman–Crippen LogP) is 3.19. The molecule has 0 amide bonds. The van der Waals surface area contributed by atoms with Crippen molar-refractivity contribution in [1.82, 2.24) is 9.13 Å². The Labute approximate surface area is 171 Å². The van der Waals surface area contributed by atoms with Gasteiger partial charge in [0.15, 0.2) is 5.56 Å². The minimum atomic E-state index is -0.606. The first kappa shape index (κ1) is 22.3. The topological polar surface area (TPSA) is 89.1 Å². The van der Waals surface area contributed by atoms with Gasteiger partial charge in [-0.1, -0.05) is 45.9 Å². The highest BCUT2D eigenvalue weighted by molar-refractivity contribution is 5.53. The van der Waals surface area contributed by atoms with Crippen LogP contribution in [-0.4, -0.2) is 15.7 Å². The van der Waals surface area contributed by atoms with Crippen LogP contribution in [0.5, 0.6) is 5.75 Å². The molecule has 0 spiro atoms. The average Bonchev–Trinajstić information content (AvgIpc) is 2.68. The summed E-state index contributed by atoms with van der Waals surface area (Å²) < 4.78 is 8.27. The number of benzene rings is 1. The summed E-state index contributed by atoms with van der Waals surface area (Å²) in [5.74, 6) is 1.69. The fourth-order valence-electron chi connectivity index (χ4n) is 3.17. The molecule has 7 nitrogen and oxygen atoms in total. The molecule has 0 aliphatic heterocycles. The number of para-hydroxylation sites is 1. The molecule has 0 bridgehead atoms. The first-order chi connectivity index (χ1) is 13.7. The maximum Gasteiger partial charge on any atom is 0.332 e. The highest BCUT2D eigenvalue weighted by Crippen LogP contribution is 2.32. The van der Waals surface area contributed by atoms with E-state index in [4.69, 9.17) is 4.74 Å². The zero-order valence-electron chi connectivity index (χ0n) is 18.0. The molecule has 2 aromatic rings. The molecule has 1 N–H and O–H groups in total. The van der Waals surface area contributed by atoms with Gasteiger partial charge in [0.2, 0.25) is 0 Å². The number of aromatic nitrogens is 2. The van der Waals surface area contributed by atoms with Crippen molar-refractivity contribution in [2.75, 3.05) is 11.9 Å². The number of ether oxygens (including phenoxy) is 1. The van der Waals surface area contributed by atoms with Crippen molar-refractivity contribution in [3.8, 4) is 11.8 Å². The summed E-state index contributed by atoms with van der Waals surface area (Å²) in [5.41, 5.74) is -0.238. The Balaban J connectivity index is 2.57. The van der Waals surface area contributed by atoms with Gasteiger partial charge in [-0.25, -0.2) is 4.79 Å². The van der Waals surface area contributed by atoms with E-state index in [1.807, 2.05) is 30.3 Å². The van der Waals surface area contributed by atoms with Crippen LogP contribution < -0.4 is 21.3 Å². The average molecular weight is 399 g/mol. The van der Waals surface area contributed by atoms with E-state index >= 15 is 0 Å². The molecular weight excluding hydrogens is 368 g/mol. The van der Waals surface area contributed by atoms with Crippen LogP contribution in [0.25, 0.3) is 0 Å². The Kier molecular flexibility index (Phi) is 7.27. The van der Waals surface area contributed by atoms with Gasteiger partial charge in [-0.3, -0.25) is 13.9 Å². The molecule has 0 aliphatic carbocycles. The van der Waals surface area contributed by atoms with Crippen molar-refractivity contribution >= 4 is 5.82 Å². The van der Waals surface area contributed by atoms with Crippen molar-refractivity contribution in [3.63, 3.8) is 0 Å². The lowest BCUT2D eigenvalue weighted by molar-refractivity contribution is 0.267. The second-order valence-electron chi connectivity index (χ2n) is 8.11. The van der Waals surface area contributed by atoms with Gasteiger partial charge in [-0.2, -0.15) is 5.26 Å². The maximum atomic E-state index is 12.4. The summed E-state index contributed by atoms with van der Waals surface area (Å²) >= 11 is 0. The first-order valence-electron chi connectivity index (χ1n) is 9.85. The fourth-order valence-corrected chi connectivity index (χ4v) is 3.17. The van der Waals surface area contributed by atoms with Crippen LogP contribution in [0.1, 0.15) is 51.3 Å². The summed E-state index contributed by atoms with van der Waals surface area (Å²) in [6.45, 7) is 8.95. The fraction of sp³-hybridized carbons (Fsp3) is 0.500. The molecule has 0 saturated heterocycles. The Morgan fingerprint density at radius 1 is 1.07 bits per heavy atom. The lowest BCUT2D eigenvalue weighted by Crippen LogP contribution is -2.40. The van der Waals surface area contributed by atoms with E-state index in [9.17, 15) is 14.9 Å². The van der Waals surface area contributed by atoms with Crippen LogP contribution in [0.3, 0.4) is 0 Å². The van der Waals surface area contributed by atoms with E-state index in [0.29, 0.717) is 18.4 Å². The third-order valence-corrected chi connectivity index (χ3v) is 4.66. The monoisotopic (exact) mass is 398 g/mol. The molecular formula is C22H30N4O3. The number of rotatable bonds is 8. The minimum absolute atomic E-state index is 0.0797. The zero-order valence-corrected chi connectivity index (χ0v) is 18.0. The number of nitrogens with one attached hydrogen (secondary N) is 1. The predicted molar refractivity (Wildman–Crippen MR) is 114 cm³/mol. The van der Waals surface area contributed by atoms with Gasteiger partial charge in [-0.05, 0) is 24.3 Å². The van der Waals surface area contributed by atoms with Gasteiger partial charge in [0.05, 0.1) is 12.6 Å². The summed E-state index contributed by atoms with van der Waals surface area (Å²) in [6.07, 6.45) is 0.732. The van der Waals surface area contributed by atoms with Gasteiger partial charge in [-0.15, -0.1) is 0 Å². The smallest absolute Gasteiger partial charge is 0.332 e. The molecule has 0 fully saturated rings. The molecule has 1 atom stereocenters. The van der Waals surface area contributed by atoms with E-state index < -0.39 is 11.2 Å². The van der Waals surface area contributed by atoms with E-state index in [1.165, 1.54) is 11.6 Å². The summed E-state index contributed by atoms with van der Waals surface area (Å²) in [5, 5.41) is 12.9. The molecule has 0 unspecified atom stereocenters. The number of anilines is 1. The van der Waals surface area contributed by atoms with Crippen LogP contribution in [-0.2, 0) is 14.1 Å². The van der Waals surface area contributed by atoms with E-state index in [2.05, 4.69) is 33.0 Å². The van der Waals surface area contributed by atoms with Gasteiger partial charge in [0.1, 0.15) is 17.6 Å². The quantitative estimate of drug-likeness (QED) is 0.738. The van der Waals surface area contributed by atoms with Crippen LogP contribution in [0, 0.1) is 23.2 Å². The van der Waals surface area contributed by atoms with Crippen molar-refractivity contribution in [1.29, 1.82) is 5.26 Å². The lowest BCUT2D eigenvalue weighted by atomic mass is 9.96. The largest absolute Gasteiger partial charge is 0.493 e.